The maximum absolute atomic E-state index is 13.4. The Morgan fingerprint density at radius 1 is 1.19 bits per heavy atom. The summed E-state index contributed by atoms with van der Waals surface area (Å²) >= 11 is 13.2. The van der Waals surface area contributed by atoms with E-state index in [-0.39, 0.29) is 27.0 Å². The number of esters is 1. The molecule has 1 aromatic heterocycles. The minimum atomic E-state index is -3.88. The molecule has 0 saturated carbocycles. The number of ether oxygens (including phenoxy) is 1. The van der Waals surface area contributed by atoms with E-state index in [9.17, 15) is 17.6 Å². The van der Waals surface area contributed by atoms with Gasteiger partial charge < -0.3 is 4.74 Å². The second-order valence-electron chi connectivity index (χ2n) is 6.43. The molecule has 0 spiro atoms. The third kappa shape index (κ3) is 5.42. The number of halogens is 3. The van der Waals surface area contributed by atoms with Gasteiger partial charge in [-0.2, -0.15) is 0 Å². The number of benzene rings is 2. The summed E-state index contributed by atoms with van der Waals surface area (Å²) in [5.41, 5.74) is 1.36. The number of carbonyl (C=O) groups is 1. The number of aromatic nitrogens is 1. The van der Waals surface area contributed by atoms with Gasteiger partial charge in [-0.1, -0.05) is 23.2 Å². The monoisotopic (exact) mass is 502 g/mol. The second kappa shape index (κ2) is 9.62. The minimum Gasteiger partial charge on any atom is -0.465 e. The zero-order chi connectivity index (χ0) is 22.8. The van der Waals surface area contributed by atoms with E-state index in [4.69, 9.17) is 23.2 Å². The maximum atomic E-state index is 13.4. The zero-order valence-corrected chi connectivity index (χ0v) is 19.6. The summed E-state index contributed by atoms with van der Waals surface area (Å²) in [6, 6.07) is 8.17. The number of rotatable bonds is 7. The Morgan fingerprint density at radius 3 is 2.61 bits per heavy atom. The standard InChI is InChI=1S/C20H17Cl2FN2O4S2/c1-11-18(25-19(30-11)12-3-6-17(23)16(22)9-12)7-8-24-31(27,28)13-4-5-15(21)14(10-13)20(26)29-2/h3-6,9-10,24H,7-8H2,1-2H3. The Labute approximate surface area is 193 Å². The van der Waals surface area contributed by atoms with Gasteiger partial charge in [-0.3, -0.25) is 0 Å². The van der Waals surface area contributed by atoms with Gasteiger partial charge in [0.25, 0.3) is 0 Å². The van der Waals surface area contributed by atoms with Gasteiger partial charge in [0, 0.05) is 23.4 Å². The van der Waals surface area contributed by atoms with Crippen LogP contribution < -0.4 is 4.72 Å². The Hall–Kier alpha value is -2.04. The highest BCUT2D eigenvalue weighted by atomic mass is 35.5. The largest absolute Gasteiger partial charge is 0.465 e. The van der Waals surface area contributed by atoms with Crippen LogP contribution in [0.15, 0.2) is 41.3 Å². The predicted molar refractivity (Wildman–Crippen MR) is 119 cm³/mol. The summed E-state index contributed by atoms with van der Waals surface area (Å²) in [4.78, 5) is 17.1. The summed E-state index contributed by atoms with van der Waals surface area (Å²) in [7, 11) is -2.70. The number of hydrogen-bond acceptors (Lipinski definition) is 6. The Kier molecular flexibility index (Phi) is 7.33. The molecule has 3 aromatic rings. The molecular formula is C20H17Cl2FN2O4S2. The lowest BCUT2D eigenvalue weighted by atomic mass is 10.2. The zero-order valence-electron chi connectivity index (χ0n) is 16.4. The molecule has 31 heavy (non-hydrogen) atoms. The fourth-order valence-corrected chi connectivity index (χ4v) is 5.13. The molecule has 1 heterocycles. The third-order valence-electron chi connectivity index (χ3n) is 4.37. The SMILES string of the molecule is COC(=O)c1cc(S(=O)(=O)NCCc2nc(-c3ccc(F)c(Cl)c3)sc2C)ccc1Cl. The van der Waals surface area contributed by atoms with Crippen LogP contribution in [0.1, 0.15) is 20.9 Å². The first-order chi connectivity index (χ1) is 14.6. The van der Waals surface area contributed by atoms with Crippen molar-refractivity contribution in [2.45, 2.75) is 18.2 Å². The van der Waals surface area contributed by atoms with Gasteiger partial charge >= 0.3 is 5.97 Å². The van der Waals surface area contributed by atoms with Crippen LogP contribution in [0.5, 0.6) is 0 Å². The lowest BCUT2D eigenvalue weighted by Crippen LogP contribution is -2.26. The molecule has 0 atom stereocenters. The number of carbonyl (C=O) groups excluding carboxylic acids is 1. The number of aryl methyl sites for hydroxylation is 1. The smallest absolute Gasteiger partial charge is 0.339 e. The number of methoxy groups -OCH3 is 1. The molecule has 0 aliphatic heterocycles. The molecule has 6 nitrogen and oxygen atoms in total. The van der Waals surface area contributed by atoms with E-state index in [1.807, 2.05) is 6.92 Å². The molecule has 164 valence electrons. The highest BCUT2D eigenvalue weighted by Crippen LogP contribution is 2.30. The first-order valence-electron chi connectivity index (χ1n) is 8.91. The summed E-state index contributed by atoms with van der Waals surface area (Å²) in [5, 5.41) is 0.768. The molecule has 0 amide bonds. The van der Waals surface area contributed by atoms with Crippen LogP contribution >= 0.6 is 34.5 Å². The van der Waals surface area contributed by atoms with E-state index >= 15 is 0 Å². The van der Waals surface area contributed by atoms with Crippen LogP contribution in [-0.4, -0.2) is 33.0 Å². The van der Waals surface area contributed by atoms with Crippen molar-refractivity contribution in [3.8, 4) is 10.6 Å². The van der Waals surface area contributed by atoms with Crippen molar-refractivity contribution in [2.24, 2.45) is 0 Å². The van der Waals surface area contributed by atoms with Gasteiger partial charge in [0.1, 0.15) is 10.8 Å². The summed E-state index contributed by atoms with van der Waals surface area (Å²) in [6.45, 7) is 1.96. The van der Waals surface area contributed by atoms with Gasteiger partial charge in [-0.05, 0) is 43.3 Å². The molecule has 0 radical (unpaired) electrons. The molecule has 3 rings (SSSR count). The van der Waals surface area contributed by atoms with Crippen molar-refractivity contribution in [2.75, 3.05) is 13.7 Å². The Morgan fingerprint density at radius 2 is 1.94 bits per heavy atom. The average molecular weight is 503 g/mol. The van der Waals surface area contributed by atoms with Gasteiger partial charge in [-0.15, -0.1) is 11.3 Å². The molecule has 0 fully saturated rings. The lowest BCUT2D eigenvalue weighted by Gasteiger charge is -2.09. The van der Waals surface area contributed by atoms with Crippen LogP contribution in [0.3, 0.4) is 0 Å². The van der Waals surface area contributed by atoms with Gasteiger partial charge in [0.05, 0.1) is 33.3 Å². The molecule has 0 aliphatic rings. The number of hydrogen-bond donors (Lipinski definition) is 1. The normalized spacial score (nSPS) is 11.5. The number of nitrogens with one attached hydrogen (secondary N) is 1. The molecule has 0 bridgehead atoms. The van der Waals surface area contributed by atoms with E-state index in [2.05, 4.69) is 14.4 Å². The van der Waals surface area contributed by atoms with Crippen LogP contribution in [0.2, 0.25) is 10.0 Å². The van der Waals surface area contributed by atoms with Crippen LogP contribution in [-0.2, 0) is 21.2 Å². The van der Waals surface area contributed by atoms with Crippen LogP contribution in [0.4, 0.5) is 4.39 Å². The number of sulfonamides is 1. The summed E-state index contributed by atoms with van der Waals surface area (Å²) in [6.07, 6.45) is 0.341. The number of thiazole rings is 1. The molecule has 0 saturated heterocycles. The first kappa shape index (κ1) is 23.6. The predicted octanol–water partition coefficient (Wildman–Crippen LogP) is 4.87. The van der Waals surface area contributed by atoms with Gasteiger partial charge in [0.15, 0.2) is 0 Å². The highest BCUT2D eigenvalue weighted by molar-refractivity contribution is 7.89. The third-order valence-corrected chi connectivity index (χ3v) is 7.51. The molecule has 0 unspecified atom stereocenters. The van der Waals surface area contributed by atoms with Gasteiger partial charge in [-0.25, -0.2) is 27.3 Å². The first-order valence-corrected chi connectivity index (χ1v) is 12.0. The van der Waals surface area contributed by atoms with Crippen molar-refractivity contribution in [1.29, 1.82) is 0 Å². The average Bonchev–Trinajstić information content (AvgIpc) is 3.10. The maximum Gasteiger partial charge on any atom is 0.339 e. The summed E-state index contributed by atoms with van der Waals surface area (Å²) in [5.74, 6) is -1.24. The van der Waals surface area contributed by atoms with Crippen molar-refractivity contribution in [3.05, 3.63) is 68.4 Å². The van der Waals surface area contributed by atoms with Crippen LogP contribution in [0.25, 0.3) is 10.6 Å². The van der Waals surface area contributed by atoms with E-state index in [0.717, 1.165) is 10.6 Å². The minimum absolute atomic E-state index is 0.00829. The molecule has 0 aliphatic carbocycles. The summed E-state index contributed by atoms with van der Waals surface area (Å²) < 4.78 is 45.7. The van der Waals surface area contributed by atoms with Gasteiger partial charge in [0.2, 0.25) is 10.0 Å². The van der Waals surface area contributed by atoms with E-state index in [1.54, 1.807) is 6.07 Å². The van der Waals surface area contributed by atoms with E-state index < -0.39 is 21.8 Å². The Balaban J connectivity index is 1.72. The van der Waals surface area contributed by atoms with Crippen molar-refractivity contribution in [3.63, 3.8) is 0 Å². The van der Waals surface area contributed by atoms with Crippen LogP contribution in [0, 0.1) is 12.7 Å². The molecular weight excluding hydrogens is 486 g/mol. The molecule has 2 aromatic carbocycles. The van der Waals surface area contributed by atoms with E-state index in [0.29, 0.717) is 17.0 Å². The highest BCUT2D eigenvalue weighted by Gasteiger charge is 2.19. The Bertz CT molecular complexity index is 1250. The van der Waals surface area contributed by atoms with Crippen molar-refractivity contribution < 1.29 is 22.3 Å². The van der Waals surface area contributed by atoms with Crippen molar-refractivity contribution in [1.82, 2.24) is 9.71 Å². The second-order valence-corrected chi connectivity index (χ2v) is 10.2. The van der Waals surface area contributed by atoms with E-state index in [1.165, 1.54) is 48.8 Å². The lowest BCUT2D eigenvalue weighted by molar-refractivity contribution is 0.0600. The number of nitrogens with zero attached hydrogens (tertiary/aromatic N) is 1. The molecule has 11 heteroatoms. The quantitative estimate of drug-likeness (QED) is 0.465. The fourth-order valence-electron chi connectivity index (χ4n) is 2.74. The fraction of sp³-hybridized carbons (Fsp3) is 0.200. The van der Waals surface area contributed by atoms with Crippen molar-refractivity contribution >= 4 is 50.5 Å². The molecule has 1 N–H and O–H groups in total. The topological polar surface area (TPSA) is 85.4 Å².